The molecule has 0 saturated carbocycles. The zero-order valence-electron chi connectivity index (χ0n) is 11.1. The fourth-order valence-corrected chi connectivity index (χ4v) is 1.79. The summed E-state index contributed by atoms with van der Waals surface area (Å²) in [5.74, 6) is 0.178. The van der Waals surface area contributed by atoms with E-state index >= 15 is 0 Å². The van der Waals surface area contributed by atoms with Crippen molar-refractivity contribution in [3.05, 3.63) is 39.9 Å². The molecule has 1 amide bonds. The summed E-state index contributed by atoms with van der Waals surface area (Å²) >= 11 is 0. The molecule has 0 heterocycles. The summed E-state index contributed by atoms with van der Waals surface area (Å²) in [5.41, 5.74) is 5.97. The summed E-state index contributed by atoms with van der Waals surface area (Å²) in [6.07, 6.45) is 0.801. The highest BCUT2D eigenvalue weighted by Gasteiger charge is 2.14. The van der Waals surface area contributed by atoms with Crippen LogP contribution < -0.4 is 11.1 Å². The molecule has 0 aromatic heterocycles. The topological polar surface area (TPSA) is 98.3 Å². The zero-order chi connectivity index (χ0) is 14.4. The lowest BCUT2D eigenvalue weighted by molar-refractivity contribution is -0.384. The molecule has 6 heteroatoms. The van der Waals surface area contributed by atoms with E-state index < -0.39 is 4.92 Å². The Balaban J connectivity index is 2.69. The molecule has 1 aromatic rings. The van der Waals surface area contributed by atoms with Crippen LogP contribution >= 0.6 is 0 Å². The number of nitro groups is 1. The van der Waals surface area contributed by atoms with E-state index in [0.29, 0.717) is 18.0 Å². The fourth-order valence-electron chi connectivity index (χ4n) is 1.79. The van der Waals surface area contributed by atoms with Crippen LogP contribution in [0.25, 0.3) is 0 Å². The summed E-state index contributed by atoms with van der Waals surface area (Å²) in [5, 5.41) is 13.3. The molecule has 1 rings (SSSR count). The van der Waals surface area contributed by atoms with E-state index in [4.69, 9.17) is 5.73 Å². The molecule has 3 N–H and O–H groups in total. The molecule has 0 fully saturated rings. The molecule has 0 aliphatic rings. The van der Waals surface area contributed by atoms with Crippen LogP contribution in [0, 0.1) is 16.0 Å². The number of carbonyl (C=O) groups is 1. The summed E-state index contributed by atoms with van der Waals surface area (Å²) < 4.78 is 0. The lowest BCUT2D eigenvalue weighted by atomic mass is 10.0. The molecule has 1 unspecified atom stereocenters. The Labute approximate surface area is 112 Å². The molecule has 0 radical (unpaired) electrons. The van der Waals surface area contributed by atoms with Gasteiger partial charge >= 0.3 is 0 Å². The third-order valence-electron chi connectivity index (χ3n) is 2.72. The third-order valence-corrected chi connectivity index (χ3v) is 2.72. The second-order valence-corrected chi connectivity index (χ2v) is 4.84. The molecule has 0 spiro atoms. The molecule has 104 valence electrons. The zero-order valence-corrected chi connectivity index (χ0v) is 11.1. The van der Waals surface area contributed by atoms with Gasteiger partial charge in [-0.15, -0.1) is 0 Å². The predicted octanol–water partition coefficient (Wildman–Crippen LogP) is 1.70. The van der Waals surface area contributed by atoms with Gasteiger partial charge in [-0.2, -0.15) is 0 Å². The van der Waals surface area contributed by atoms with Crippen LogP contribution in [0.1, 0.15) is 30.6 Å². The van der Waals surface area contributed by atoms with Gasteiger partial charge in [0, 0.05) is 30.3 Å². The summed E-state index contributed by atoms with van der Waals surface area (Å²) in [7, 11) is 0. The fraction of sp³-hybridized carbons (Fsp3) is 0.462. The van der Waals surface area contributed by atoms with Gasteiger partial charge in [0.1, 0.15) is 0 Å². The maximum Gasteiger partial charge on any atom is 0.269 e. The van der Waals surface area contributed by atoms with Gasteiger partial charge in [0.25, 0.3) is 11.6 Å². The molecule has 0 bridgehead atoms. The van der Waals surface area contributed by atoms with Crippen LogP contribution in [-0.4, -0.2) is 23.4 Å². The van der Waals surface area contributed by atoms with Crippen LogP contribution in [0.2, 0.25) is 0 Å². The standard InChI is InChI=1S/C13H19N3O3/c1-9(2)7-11(8-14)15-13(17)10-3-5-12(6-4-10)16(18)19/h3-6,9,11H,7-8,14H2,1-2H3,(H,15,17). The minimum absolute atomic E-state index is 0.0332. The molecule has 0 aliphatic heterocycles. The third kappa shape index (κ3) is 4.67. The number of nitrogens with two attached hydrogens (primary N) is 1. The molecular formula is C13H19N3O3. The average molecular weight is 265 g/mol. The second kappa shape index (κ2) is 6.84. The first-order valence-corrected chi connectivity index (χ1v) is 6.19. The lowest BCUT2D eigenvalue weighted by Gasteiger charge is -2.18. The highest BCUT2D eigenvalue weighted by Crippen LogP contribution is 2.12. The Kier molecular flexibility index (Phi) is 5.44. The highest BCUT2D eigenvalue weighted by atomic mass is 16.6. The summed E-state index contributed by atoms with van der Waals surface area (Å²) in [6.45, 7) is 4.48. The van der Waals surface area contributed by atoms with Crippen LogP contribution in [0.5, 0.6) is 0 Å². The average Bonchev–Trinajstić information content (AvgIpc) is 2.37. The van der Waals surface area contributed by atoms with Crippen LogP contribution in [-0.2, 0) is 0 Å². The number of benzene rings is 1. The molecular weight excluding hydrogens is 246 g/mol. The Bertz CT molecular complexity index is 443. The number of nitrogens with one attached hydrogen (secondary N) is 1. The van der Waals surface area contributed by atoms with Crippen LogP contribution in [0.3, 0.4) is 0 Å². The van der Waals surface area contributed by atoms with E-state index in [2.05, 4.69) is 19.2 Å². The normalized spacial score (nSPS) is 12.2. The number of carbonyl (C=O) groups excluding carboxylic acids is 1. The van der Waals surface area contributed by atoms with Gasteiger partial charge in [0.05, 0.1) is 4.92 Å². The van der Waals surface area contributed by atoms with E-state index in [0.717, 1.165) is 6.42 Å². The molecule has 19 heavy (non-hydrogen) atoms. The first kappa shape index (κ1) is 15.1. The van der Waals surface area contributed by atoms with Crippen molar-refractivity contribution in [1.82, 2.24) is 5.32 Å². The first-order chi connectivity index (χ1) is 8.93. The molecule has 0 aliphatic carbocycles. The molecule has 6 nitrogen and oxygen atoms in total. The van der Waals surface area contributed by atoms with Gasteiger partial charge in [-0.05, 0) is 24.5 Å². The Morgan fingerprint density at radius 2 is 1.95 bits per heavy atom. The van der Waals surface area contributed by atoms with Crippen molar-refractivity contribution in [2.45, 2.75) is 26.3 Å². The number of nitro benzene ring substituents is 1. The number of amides is 1. The van der Waals surface area contributed by atoms with Crippen molar-refractivity contribution in [3.63, 3.8) is 0 Å². The molecule has 1 aromatic carbocycles. The maximum absolute atomic E-state index is 11.9. The van der Waals surface area contributed by atoms with Gasteiger partial charge in [-0.1, -0.05) is 13.8 Å². The smallest absolute Gasteiger partial charge is 0.269 e. The number of nitrogens with zero attached hydrogens (tertiary/aromatic N) is 1. The van der Waals surface area contributed by atoms with Crippen molar-refractivity contribution in [1.29, 1.82) is 0 Å². The van der Waals surface area contributed by atoms with Crippen LogP contribution in [0.4, 0.5) is 5.69 Å². The first-order valence-electron chi connectivity index (χ1n) is 6.19. The monoisotopic (exact) mass is 265 g/mol. The van der Waals surface area contributed by atoms with Crippen molar-refractivity contribution in [2.24, 2.45) is 11.7 Å². The highest BCUT2D eigenvalue weighted by molar-refractivity contribution is 5.94. The minimum atomic E-state index is -0.497. The second-order valence-electron chi connectivity index (χ2n) is 4.84. The summed E-state index contributed by atoms with van der Waals surface area (Å²) in [6, 6.07) is 5.43. The van der Waals surface area contributed by atoms with E-state index in [1.807, 2.05) is 0 Å². The Morgan fingerprint density at radius 1 is 1.37 bits per heavy atom. The maximum atomic E-state index is 11.9. The largest absolute Gasteiger partial charge is 0.348 e. The number of rotatable bonds is 6. The van der Waals surface area contributed by atoms with Gasteiger partial charge < -0.3 is 11.1 Å². The Morgan fingerprint density at radius 3 is 2.37 bits per heavy atom. The number of hydrogen-bond donors (Lipinski definition) is 2. The lowest BCUT2D eigenvalue weighted by Crippen LogP contribution is -2.41. The van der Waals surface area contributed by atoms with Gasteiger partial charge in [0.15, 0.2) is 0 Å². The van der Waals surface area contributed by atoms with Crippen molar-refractivity contribution in [3.8, 4) is 0 Å². The van der Waals surface area contributed by atoms with Gasteiger partial charge in [-0.25, -0.2) is 0 Å². The van der Waals surface area contributed by atoms with Crippen molar-refractivity contribution < 1.29 is 9.72 Å². The number of non-ortho nitro benzene ring substituents is 1. The van der Waals surface area contributed by atoms with Gasteiger partial charge in [-0.3, -0.25) is 14.9 Å². The van der Waals surface area contributed by atoms with Crippen molar-refractivity contribution >= 4 is 11.6 Å². The van der Waals surface area contributed by atoms with E-state index in [1.165, 1.54) is 24.3 Å². The minimum Gasteiger partial charge on any atom is -0.348 e. The quantitative estimate of drug-likeness (QED) is 0.604. The molecule has 1 atom stereocenters. The summed E-state index contributed by atoms with van der Waals surface area (Å²) in [4.78, 5) is 22.0. The SMILES string of the molecule is CC(C)CC(CN)NC(=O)c1ccc([N+](=O)[O-])cc1. The Hall–Kier alpha value is -1.95. The van der Waals surface area contributed by atoms with Crippen molar-refractivity contribution in [2.75, 3.05) is 6.54 Å². The predicted molar refractivity (Wildman–Crippen MR) is 72.9 cm³/mol. The van der Waals surface area contributed by atoms with Gasteiger partial charge in [0.2, 0.25) is 0 Å². The van der Waals surface area contributed by atoms with E-state index in [1.54, 1.807) is 0 Å². The van der Waals surface area contributed by atoms with E-state index in [9.17, 15) is 14.9 Å². The number of hydrogen-bond acceptors (Lipinski definition) is 4. The van der Waals surface area contributed by atoms with E-state index in [-0.39, 0.29) is 17.6 Å². The van der Waals surface area contributed by atoms with Crippen LogP contribution in [0.15, 0.2) is 24.3 Å². The molecule has 0 saturated heterocycles.